The van der Waals surface area contributed by atoms with E-state index in [-0.39, 0.29) is 19.0 Å². The van der Waals surface area contributed by atoms with Gasteiger partial charge in [-0.3, -0.25) is 9.59 Å². The number of carbonyl (C=O) groups is 2. The summed E-state index contributed by atoms with van der Waals surface area (Å²) in [5, 5.41) is 11.2. The Balaban J connectivity index is 2.39. The molecule has 0 bridgehead atoms. The lowest BCUT2D eigenvalue weighted by Gasteiger charge is -2.29. The number of nitrogens with one attached hydrogen (secondary N) is 1. The molecule has 0 radical (unpaired) electrons. The number of rotatable bonds is 2. The zero-order chi connectivity index (χ0) is 11.7. The number of carboxylic acids is 1. The Kier molecular flexibility index (Phi) is 2.47. The highest BCUT2D eigenvalue weighted by atomic mass is 19.1. The van der Waals surface area contributed by atoms with Gasteiger partial charge < -0.3 is 15.3 Å². The molecule has 5 nitrogen and oxygen atoms in total. The van der Waals surface area contributed by atoms with Crippen molar-refractivity contribution in [3.8, 4) is 0 Å². The van der Waals surface area contributed by atoms with Gasteiger partial charge in [0.15, 0.2) is 0 Å². The molecule has 1 heterocycles. The largest absolute Gasteiger partial charge is 0.480 e. The molecule has 0 fully saturated rings. The molecule has 0 saturated heterocycles. The summed E-state index contributed by atoms with van der Waals surface area (Å²) >= 11 is 0. The first-order valence-corrected chi connectivity index (χ1v) is 4.62. The molecule has 1 aromatic carbocycles. The van der Waals surface area contributed by atoms with Gasteiger partial charge in [-0.25, -0.2) is 4.39 Å². The van der Waals surface area contributed by atoms with Crippen LogP contribution in [0.5, 0.6) is 0 Å². The summed E-state index contributed by atoms with van der Waals surface area (Å²) in [6, 6.07) is 3.83. The Morgan fingerprint density at radius 1 is 1.56 bits per heavy atom. The van der Waals surface area contributed by atoms with Crippen LogP contribution in [0.2, 0.25) is 0 Å². The minimum atomic E-state index is -1.06. The number of hydrogen-bond donors (Lipinski definition) is 2. The fourth-order valence-corrected chi connectivity index (χ4v) is 1.62. The fourth-order valence-electron chi connectivity index (χ4n) is 1.62. The summed E-state index contributed by atoms with van der Waals surface area (Å²) in [6.45, 7) is -0.410. The van der Waals surface area contributed by atoms with Crippen LogP contribution in [0, 0.1) is 5.82 Å². The Hall–Kier alpha value is -2.11. The van der Waals surface area contributed by atoms with E-state index in [0.717, 1.165) is 0 Å². The lowest BCUT2D eigenvalue weighted by atomic mass is 10.2. The van der Waals surface area contributed by atoms with E-state index in [1.165, 1.54) is 23.1 Å². The maximum atomic E-state index is 13.0. The van der Waals surface area contributed by atoms with Crippen molar-refractivity contribution in [3.63, 3.8) is 0 Å². The molecule has 0 aromatic heterocycles. The maximum absolute atomic E-state index is 13.0. The van der Waals surface area contributed by atoms with Gasteiger partial charge in [-0.1, -0.05) is 0 Å². The number of benzene rings is 1. The molecule has 16 heavy (non-hydrogen) atoms. The van der Waals surface area contributed by atoms with Gasteiger partial charge in [0.1, 0.15) is 12.4 Å². The van der Waals surface area contributed by atoms with Crippen molar-refractivity contribution in [1.29, 1.82) is 0 Å². The highest BCUT2D eigenvalue weighted by molar-refractivity contribution is 6.02. The van der Waals surface area contributed by atoms with Crippen molar-refractivity contribution in [1.82, 2.24) is 0 Å². The van der Waals surface area contributed by atoms with Crippen LogP contribution in [0.4, 0.5) is 15.8 Å². The van der Waals surface area contributed by atoms with Crippen molar-refractivity contribution < 1.29 is 19.1 Å². The summed E-state index contributed by atoms with van der Waals surface area (Å²) in [7, 11) is 0. The summed E-state index contributed by atoms with van der Waals surface area (Å²) in [5.41, 5.74) is 0.820. The molecule has 0 unspecified atom stereocenters. The van der Waals surface area contributed by atoms with Crippen LogP contribution in [-0.2, 0) is 9.59 Å². The normalized spacial score (nSPS) is 14.3. The van der Waals surface area contributed by atoms with E-state index in [9.17, 15) is 14.0 Å². The van der Waals surface area contributed by atoms with Crippen molar-refractivity contribution in [2.75, 3.05) is 23.3 Å². The van der Waals surface area contributed by atoms with Gasteiger partial charge in [-0.15, -0.1) is 0 Å². The molecular formula is C10H9FN2O3. The molecule has 2 N–H and O–H groups in total. The number of carboxylic acid groups (broad SMARTS) is 1. The molecule has 1 aliphatic rings. The topological polar surface area (TPSA) is 69.6 Å². The summed E-state index contributed by atoms with van der Waals surface area (Å²) in [5.74, 6) is -1.84. The zero-order valence-electron chi connectivity index (χ0n) is 8.24. The summed E-state index contributed by atoms with van der Waals surface area (Å²) in [6.07, 6.45) is 0. The molecule has 1 aromatic rings. The third-order valence-electron chi connectivity index (χ3n) is 2.24. The lowest BCUT2D eigenvalue weighted by molar-refractivity contribution is -0.135. The molecule has 0 atom stereocenters. The van der Waals surface area contributed by atoms with Crippen molar-refractivity contribution in [3.05, 3.63) is 24.0 Å². The monoisotopic (exact) mass is 224 g/mol. The number of anilines is 2. The van der Waals surface area contributed by atoms with Crippen LogP contribution >= 0.6 is 0 Å². The van der Waals surface area contributed by atoms with E-state index in [0.29, 0.717) is 11.4 Å². The smallest absolute Gasteiger partial charge is 0.323 e. The van der Waals surface area contributed by atoms with E-state index in [2.05, 4.69) is 5.32 Å². The number of hydrogen-bond acceptors (Lipinski definition) is 3. The van der Waals surface area contributed by atoms with Crippen LogP contribution in [0.1, 0.15) is 0 Å². The Labute approximate surface area is 90.5 Å². The maximum Gasteiger partial charge on any atom is 0.323 e. The van der Waals surface area contributed by atoms with Crippen LogP contribution in [0.15, 0.2) is 18.2 Å². The first-order chi connectivity index (χ1) is 7.56. The number of carbonyl (C=O) groups excluding carboxylic acids is 1. The standard InChI is InChI=1S/C10H9FN2O3/c11-6-1-2-7-8(3-6)13(5-10(15)16)4-9(14)12-7/h1-3H,4-5H2,(H,12,14)(H,15,16). The molecule has 0 aliphatic carbocycles. The van der Waals surface area contributed by atoms with Crippen LogP contribution in [0.3, 0.4) is 0 Å². The van der Waals surface area contributed by atoms with E-state index in [1.807, 2.05) is 0 Å². The zero-order valence-corrected chi connectivity index (χ0v) is 8.24. The van der Waals surface area contributed by atoms with E-state index < -0.39 is 11.8 Å². The third-order valence-corrected chi connectivity index (χ3v) is 2.24. The molecule has 0 saturated carbocycles. The molecular weight excluding hydrogens is 215 g/mol. The average molecular weight is 224 g/mol. The van der Waals surface area contributed by atoms with Gasteiger partial charge >= 0.3 is 5.97 Å². The minimum Gasteiger partial charge on any atom is -0.480 e. The fraction of sp³-hybridized carbons (Fsp3) is 0.200. The second-order valence-corrected chi connectivity index (χ2v) is 3.46. The number of halogens is 1. The Bertz CT molecular complexity index is 461. The molecule has 1 aliphatic heterocycles. The first-order valence-electron chi connectivity index (χ1n) is 4.62. The van der Waals surface area contributed by atoms with E-state index in [4.69, 9.17) is 5.11 Å². The predicted octanol–water partition coefficient (Wildman–Crippen LogP) is 0.669. The number of nitrogens with zero attached hydrogens (tertiary/aromatic N) is 1. The van der Waals surface area contributed by atoms with Gasteiger partial charge in [0, 0.05) is 0 Å². The minimum absolute atomic E-state index is 0.0806. The molecule has 1 amide bonds. The Morgan fingerprint density at radius 3 is 3.00 bits per heavy atom. The highest BCUT2D eigenvalue weighted by Gasteiger charge is 2.23. The molecule has 2 rings (SSSR count). The number of amides is 1. The highest BCUT2D eigenvalue weighted by Crippen LogP contribution is 2.29. The number of fused-ring (bicyclic) bond motifs is 1. The summed E-state index contributed by atoms with van der Waals surface area (Å²) < 4.78 is 13.0. The van der Waals surface area contributed by atoms with Crippen LogP contribution in [-0.4, -0.2) is 30.1 Å². The van der Waals surface area contributed by atoms with Gasteiger partial charge in [-0.05, 0) is 18.2 Å². The van der Waals surface area contributed by atoms with Crippen molar-refractivity contribution in [2.24, 2.45) is 0 Å². The van der Waals surface area contributed by atoms with Gasteiger partial charge in [0.05, 0.1) is 17.9 Å². The van der Waals surface area contributed by atoms with Crippen LogP contribution < -0.4 is 10.2 Å². The predicted molar refractivity (Wildman–Crippen MR) is 54.9 cm³/mol. The lowest BCUT2D eigenvalue weighted by Crippen LogP contribution is -2.41. The number of aliphatic carboxylic acids is 1. The van der Waals surface area contributed by atoms with Gasteiger partial charge in [-0.2, -0.15) is 0 Å². The molecule has 0 spiro atoms. The SMILES string of the molecule is O=C(O)CN1CC(=O)Nc2ccc(F)cc21. The first kappa shape index (κ1) is 10.4. The average Bonchev–Trinajstić information content (AvgIpc) is 2.18. The summed E-state index contributed by atoms with van der Waals surface area (Å²) in [4.78, 5) is 23.2. The molecule has 6 heteroatoms. The van der Waals surface area contributed by atoms with Crippen molar-refractivity contribution >= 4 is 23.3 Å². The van der Waals surface area contributed by atoms with E-state index >= 15 is 0 Å². The second-order valence-electron chi connectivity index (χ2n) is 3.46. The van der Waals surface area contributed by atoms with E-state index in [1.54, 1.807) is 0 Å². The third kappa shape index (κ3) is 1.95. The van der Waals surface area contributed by atoms with Gasteiger partial charge in [0.2, 0.25) is 5.91 Å². The van der Waals surface area contributed by atoms with Gasteiger partial charge in [0.25, 0.3) is 0 Å². The quantitative estimate of drug-likeness (QED) is 0.774. The Morgan fingerprint density at radius 2 is 2.31 bits per heavy atom. The van der Waals surface area contributed by atoms with Crippen molar-refractivity contribution in [2.45, 2.75) is 0 Å². The van der Waals surface area contributed by atoms with Crippen LogP contribution in [0.25, 0.3) is 0 Å². The second kappa shape index (κ2) is 3.80. The molecule has 84 valence electrons.